The van der Waals surface area contributed by atoms with E-state index in [0.29, 0.717) is 59.1 Å². The molecule has 1 aliphatic heterocycles. The minimum Gasteiger partial charge on any atom is -0.463 e. The van der Waals surface area contributed by atoms with Gasteiger partial charge in [-0.05, 0) is 55.7 Å². The van der Waals surface area contributed by atoms with E-state index in [0.717, 1.165) is 23.4 Å². The number of ether oxygens (including phenoxy) is 3. The summed E-state index contributed by atoms with van der Waals surface area (Å²) < 4.78 is 48.0. The van der Waals surface area contributed by atoms with E-state index in [1.165, 1.54) is 16.8 Å². The fourth-order valence-electron chi connectivity index (χ4n) is 5.57. The van der Waals surface area contributed by atoms with Gasteiger partial charge in [0, 0.05) is 59.0 Å². The molecule has 0 amide bonds. The number of rotatable bonds is 7. The van der Waals surface area contributed by atoms with Gasteiger partial charge < -0.3 is 18.8 Å². The molecule has 0 N–H and O–H groups in total. The van der Waals surface area contributed by atoms with E-state index in [1.807, 2.05) is 47.0 Å². The second-order valence-corrected chi connectivity index (χ2v) is 10.2. The first-order valence-electron chi connectivity index (χ1n) is 14.1. The van der Waals surface area contributed by atoms with Crippen molar-refractivity contribution < 1.29 is 32.6 Å². The lowest BCUT2D eigenvalue weighted by Crippen LogP contribution is -2.17. The highest BCUT2D eigenvalue weighted by Gasteiger charge is 2.28. The highest BCUT2D eigenvalue weighted by atomic mass is 19.2. The highest BCUT2D eigenvalue weighted by Crippen LogP contribution is 2.40. The smallest absolute Gasteiger partial charge is 0.435 e. The number of fused-ring (bicyclic) bond motifs is 2. The Labute approximate surface area is 246 Å². The molecule has 0 radical (unpaired) electrons. The maximum absolute atomic E-state index is 14.6. The van der Waals surface area contributed by atoms with Crippen molar-refractivity contribution in [1.82, 2.24) is 14.3 Å². The zero-order chi connectivity index (χ0) is 29.9. The number of nitrogens with zero attached hydrogens (tertiary/aromatic N) is 3. The van der Waals surface area contributed by atoms with Gasteiger partial charge in [0.05, 0.1) is 23.8 Å². The normalized spacial score (nSPS) is 14.1. The lowest BCUT2D eigenvalue weighted by atomic mass is 9.92. The van der Waals surface area contributed by atoms with Crippen molar-refractivity contribution >= 4 is 39.9 Å². The van der Waals surface area contributed by atoms with Crippen molar-refractivity contribution in [3.63, 3.8) is 0 Å². The van der Waals surface area contributed by atoms with Crippen LogP contribution < -0.4 is 0 Å². The first kappa shape index (κ1) is 28.3. The lowest BCUT2D eigenvalue weighted by Gasteiger charge is -2.25. The Morgan fingerprint density at radius 1 is 1.00 bits per heavy atom. The second kappa shape index (κ2) is 12.2. The van der Waals surface area contributed by atoms with E-state index in [-0.39, 0.29) is 19.1 Å². The molecule has 1 aliphatic rings. The van der Waals surface area contributed by atoms with Gasteiger partial charge >= 0.3 is 12.1 Å². The fraction of sp³-hybridized carbons (Fsp3) is 0.242. The van der Waals surface area contributed by atoms with E-state index < -0.39 is 23.7 Å². The number of hydrogen-bond acceptors (Lipinski definition) is 6. The summed E-state index contributed by atoms with van der Waals surface area (Å²) in [5.74, 6) is -2.44. The molecule has 3 aromatic carbocycles. The zero-order valence-corrected chi connectivity index (χ0v) is 23.5. The van der Waals surface area contributed by atoms with E-state index in [1.54, 1.807) is 19.2 Å². The maximum Gasteiger partial charge on any atom is 0.435 e. The van der Waals surface area contributed by atoms with Gasteiger partial charge in [0.1, 0.15) is 6.61 Å². The number of carbonyl (C=O) groups excluding carboxylic acids is 2. The molecule has 43 heavy (non-hydrogen) atoms. The van der Waals surface area contributed by atoms with Gasteiger partial charge in [0.25, 0.3) is 0 Å². The second-order valence-electron chi connectivity index (χ2n) is 10.2. The predicted molar refractivity (Wildman–Crippen MR) is 157 cm³/mol. The van der Waals surface area contributed by atoms with Gasteiger partial charge in [-0.1, -0.05) is 30.3 Å². The number of halogens is 2. The highest BCUT2D eigenvalue weighted by molar-refractivity contribution is 6.04. The minimum absolute atomic E-state index is 0.00782. The predicted octanol–water partition coefficient (Wildman–Crippen LogP) is 6.91. The van der Waals surface area contributed by atoms with E-state index in [4.69, 9.17) is 14.2 Å². The van der Waals surface area contributed by atoms with E-state index in [9.17, 15) is 18.4 Å². The Balaban J connectivity index is 1.55. The number of benzene rings is 3. The van der Waals surface area contributed by atoms with Crippen LogP contribution in [0.2, 0.25) is 0 Å². The molecule has 8 nitrogen and oxygen atoms in total. The Kier molecular flexibility index (Phi) is 8.02. The third kappa shape index (κ3) is 5.65. The van der Waals surface area contributed by atoms with Gasteiger partial charge in [-0.2, -0.15) is 9.78 Å². The molecule has 1 fully saturated rings. The van der Waals surface area contributed by atoms with Gasteiger partial charge in [-0.15, -0.1) is 0 Å². The van der Waals surface area contributed by atoms with Crippen LogP contribution in [0.3, 0.4) is 0 Å². The Bertz CT molecular complexity index is 1840. The first-order chi connectivity index (χ1) is 20.9. The first-order valence-corrected chi connectivity index (χ1v) is 14.1. The largest absolute Gasteiger partial charge is 0.463 e. The molecule has 5 aromatic rings. The maximum atomic E-state index is 14.6. The summed E-state index contributed by atoms with van der Waals surface area (Å²) in [6, 6.07) is 16.8. The molecule has 0 atom stereocenters. The van der Waals surface area contributed by atoms with Gasteiger partial charge in [0.15, 0.2) is 11.6 Å². The van der Waals surface area contributed by atoms with Crippen LogP contribution in [0, 0.1) is 11.6 Å². The standard InChI is InChI=1S/C33H29F2N3O5/c1-2-42-31(39)11-9-25-26-18-29-23(19-36-38(29)33(40)43-20-21-6-4-3-5-7-21)16-30(26)37(24-8-10-27(34)28(35)17-24)32(25)22-12-14-41-15-13-22/h3-11,16-19,22H,2,12-15,20H2,1H3/b11-9+. The topological polar surface area (TPSA) is 84.6 Å². The summed E-state index contributed by atoms with van der Waals surface area (Å²) in [7, 11) is 0. The molecule has 3 heterocycles. The number of aromatic nitrogens is 3. The van der Waals surface area contributed by atoms with Crippen LogP contribution in [-0.2, 0) is 25.6 Å². The Hall–Kier alpha value is -4.83. The molecule has 0 unspecified atom stereocenters. The van der Waals surface area contributed by atoms with Crippen LogP contribution in [0.5, 0.6) is 0 Å². The number of carbonyl (C=O) groups is 2. The minimum atomic E-state index is -0.976. The molecule has 2 aromatic heterocycles. The molecule has 0 aliphatic carbocycles. The Morgan fingerprint density at radius 3 is 2.53 bits per heavy atom. The molecule has 6 rings (SSSR count). The third-order valence-electron chi connectivity index (χ3n) is 7.55. The lowest BCUT2D eigenvalue weighted by molar-refractivity contribution is -0.137. The molecule has 0 saturated carbocycles. The van der Waals surface area contributed by atoms with Gasteiger partial charge in [-0.25, -0.2) is 18.4 Å². The fourth-order valence-corrected chi connectivity index (χ4v) is 5.57. The summed E-state index contributed by atoms with van der Waals surface area (Å²) in [5, 5.41) is 5.63. The van der Waals surface area contributed by atoms with Crippen molar-refractivity contribution in [2.45, 2.75) is 32.3 Å². The zero-order valence-electron chi connectivity index (χ0n) is 23.5. The molecule has 0 bridgehead atoms. The van der Waals surface area contributed by atoms with Crippen LogP contribution in [-0.4, -0.2) is 46.2 Å². The summed E-state index contributed by atoms with van der Waals surface area (Å²) in [4.78, 5) is 25.5. The monoisotopic (exact) mass is 585 g/mol. The van der Waals surface area contributed by atoms with E-state index >= 15 is 0 Å². The van der Waals surface area contributed by atoms with Crippen LogP contribution in [0.4, 0.5) is 13.6 Å². The van der Waals surface area contributed by atoms with Gasteiger partial charge in [-0.3, -0.25) is 0 Å². The van der Waals surface area contributed by atoms with Crippen molar-refractivity contribution in [1.29, 1.82) is 0 Å². The summed E-state index contributed by atoms with van der Waals surface area (Å²) in [6.07, 6.45) is 5.34. The van der Waals surface area contributed by atoms with Crippen molar-refractivity contribution in [2.75, 3.05) is 19.8 Å². The van der Waals surface area contributed by atoms with Gasteiger partial charge in [0.2, 0.25) is 0 Å². The molecule has 10 heteroatoms. The number of esters is 1. The van der Waals surface area contributed by atoms with Crippen molar-refractivity contribution in [2.24, 2.45) is 0 Å². The molecule has 0 spiro atoms. The summed E-state index contributed by atoms with van der Waals surface area (Å²) >= 11 is 0. The SMILES string of the molecule is CCOC(=O)/C=C/c1c(C2CCOCC2)n(-c2ccc(F)c(F)c2)c2cc3cnn(C(=O)OCc4ccccc4)c3cc12. The average Bonchev–Trinajstić information content (AvgIpc) is 3.58. The molecular formula is C33H29F2N3O5. The Morgan fingerprint density at radius 2 is 1.79 bits per heavy atom. The molecule has 220 valence electrons. The molecular weight excluding hydrogens is 556 g/mol. The summed E-state index contributed by atoms with van der Waals surface area (Å²) in [5.41, 5.74) is 3.97. The van der Waals surface area contributed by atoms with Crippen LogP contribution >= 0.6 is 0 Å². The third-order valence-corrected chi connectivity index (χ3v) is 7.55. The number of hydrogen-bond donors (Lipinski definition) is 0. The average molecular weight is 586 g/mol. The van der Waals surface area contributed by atoms with Crippen molar-refractivity contribution in [3.8, 4) is 5.69 Å². The van der Waals surface area contributed by atoms with Crippen LogP contribution in [0.15, 0.2) is 72.9 Å². The molecule has 1 saturated heterocycles. The summed E-state index contributed by atoms with van der Waals surface area (Å²) in [6.45, 7) is 3.10. The van der Waals surface area contributed by atoms with Crippen LogP contribution in [0.1, 0.15) is 42.5 Å². The van der Waals surface area contributed by atoms with Crippen LogP contribution in [0.25, 0.3) is 33.6 Å². The quantitative estimate of drug-likeness (QED) is 0.152. The van der Waals surface area contributed by atoms with E-state index in [2.05, 4.69) is 5.10 Å². The van der Waals surface area contributed by atoms with Crippen molar-refractivity contribution in [3.05, 3.63) is 101 Å².